The van der Waals surface area contributed by atoms with Gasteiger partial charge in [-0.25, -0.2) is 0 Å². The zero-order valence-corrected chi connectivity index (χ0v) is 12.0. The molecule has 0 aromatic heterocycles. The highest BCUT2D eigenvalue weighted by atomic mass is 16.5. The van der Waals surface area contributed by atoms with Gasteiger partial charge in [-0.1, -0.05) is 19.1 Å². The van der Waals surface area contributed by atoms with Crippen LogP contribution in [0.15, 0.2) is 12.1 Å². The Balaban J connectivity index is 2.91. The van der Waals surface area contributed by atoms with Crippen molar-refractivity contribution < 1.29 is 14.6 Å². The molecule has 0 aliphatic carbocycles. The number of aryl methyl sites for hydroxylation is 1. The van der Waals surface area contributed by atoms with Gasteiger partial charge in [0, 0.05) is 19.3 Å². The van der Waals surface area contributed by atoms with Crippen LogP contribution >= 0.6 is 0 Å². The number of hydrogen-bond donors (Lipinski definition) is 1. The number of rotatable bonds is 6. The molecule has 0 bridgehead atoms. The molecular weight excluding hydrogens is 228 g/mol. The number of methoxy groups -OCH3 is 2. The van der Waals surface area contributed by atoms with Crippen LogP contribution in [-0.2, 0) is 4.74 Å². The first kappa shape index (κ1) is 15.0. The Bertz CT molecular complexity index is 388. The van der Waals surface area contributed by atoms with Crippen molar-refractivity contribution in [2.45, 2.75) is 33.3 Å². The minimum Gasteiger partial charge on any atom is -0.496 e. The maximum atomic E-state index is 10.3. The number of ether oxygens (including phenoxy) is 2. The Kier molecular flexibility index (Phi) is 5.63. The molecule has 0 amide bonds. The lowest BCUT2D eigenvalue weighted by Crippen LogP contribution is -2.11. The average Bonchev–Trinajstić information content (AvgIpc) is 2.32. The van der Waals surface area contributed by atoms with E-state index < -0.39 is 6.10 Å². The van der Waals surface area contributed by atoms with Crippen LogP contribution in [0.3, 0.4) is 0 Å². The van der Waals surface area contributed by atoms with Crippen molar-refractivity contribution in [3.63, 3.8) is 0 Å². The maximum Gasteiger partial charge on any atom is 0.127 e. The van der Waals surface area contributed by atoms with Crippen LogP contribution in [-0.4, -0.2) is 25.9 Å². The average molecular weight is 252 g/mol. The molecule has 0 radical (unpaired) electrons. The van der Waals surface area contributed by atoms with E-state index in [1.807, 2.05) is 26.0 Å². The zero-order chi connectivity index (χ0) is 13.7. The van der Waals surface area contributed by atoms with Gasteiger partial charge in [-0.3, -0.25) is 0 Å². The molecule has 0 aliphatic heterocycles. The molecule has 3 nitrogen and oxygen atoms in total. The molecule has 0 aliphatic rings. The van der Waals surface area contributed by atoms with Gasteiger partial charge < -0.3 is 14.6 Å². The van der Waals surface area contributed by atoms with Crippen molar-refractivity contribution in [2.75, 3.05) is 20.8 Å². The largest absolute Gasteiger partial charge is 0.496 e. The van der Waals surface area contributed by atoms with E-state index in [1.165, 1.54) is 5.56 Å². The topological polar surface area (TPSA) is 38.7 Å². The molecule has 18 heavy (non-hydrogen) atoms. The summed E-state index contributed by atoms with van der Waals surface area (Å²) in [5.41, 5.74) is 3.13. The van der Waals surface area contributed by atoms with E-state index in [2.05, 4.69) is 6.92 Å². The monoisotopic (exact) mass is 252 g/mol. The summed E-state index contributed by atoms with van der Waals surface area (Å²) in [4.78, 5) is 0. The molecule has 2 atom stereocenters. The van der Waals surface area contributed by atoms with Crippen LogP contribution < -0.4 is 4.74 Å². The smallest absolute Gasteiger partial charge is 0.127 e. The number of benzene rings is 1. The predicted octanol–water partition coefficient (Wildman–Crippen LogP) is 3.02. The second-order valence-electron chi connectivity index (χ2n) is 4.94. The van der Waals surface area contributed by atoms with Gasteiger partial charge in [0.15, 0.2) is 0 Å². The third kappa shape index (κ3) is 3.47. The summed E-state index contributed by atoms with van der Waals surface area (Å²) in [5.74, 6) is 1.11. The first-order chi connectivity index (χ1) is 8.51. The lowest BCUT2D eigenvalue weighted by Gasteiger charge is -2.20. The van der Waals surface area contributed by atoms with Crippen LogP contribution in [0.25, 0.3) is 0 Å². The number of aliphatic hydroxyl groups excluding tert-OH is 1. The van der Waals surface area contributed by atoms with E-state index in [9.17, 15) is 5.11 Å². The lowest BCUT2D eigenvalue weighted by atomic mass is 9.95. The molecule has 1 N–H and O–H groups in total. The maximum absolute atomic E-state index is 10.3. The van der Waals surface area contributed by atoms with Gasteiger partial charge in [0.05, 0.1) is 13.2 Å². The van der Waals surface area contributed by atoms with Gasteiger partial charge in [0.2, 0.25) is 0 Å². The van der Waals surface area contributed by atoms with Crippen molar-refractivity contribution in [3.05, 3.63) is 28.8 Å². The van der Waals surface area contributed by atoms with Gasteiger partial charge in [-0.15, -0.1) is 0 Å². The Hall–Kier alpha value is -1.06. The SMILES string of the molecule is COCC(C)CC(O)c1ccc(C)c(C)c1OC. The second-order valence-corrected chi connectivity index (χ2v) is 4.94. The van der Waals surface area contributed by atoms with Crippen molar-refractivity contribution >= 4 is 0 Å². The third-order valence-corrected chi connectivity index (χ3v) is 3.35. The van der Waals surface area contributed by atoms with Crippen LogP contribution in [0, 0.1) is 19.8 Å². The van der Waals surface area contributed by atoms with Gasteiger partial charge >= 0.3 is 0 Å². The van der Waals surface area contributed by atoms with Crippen LogP contribution in [0.1, 0.15) is 36.1 Å². The van der Waals surface area contributed by atoms with E-state index in [1.54, 1.807) is 14.2 Å². The summed E-state index contributed by atoms with van der Waals surface area (Å²) in [6, 6.07) is 3.97. The molecule has 3 heteroatoms. The summed E-state index contributed by atoms with van der Waals surface area (Å²) in [6.07, 6.45) is 0.163. The van der Waals surface area contributed by atoms with Gasteiger partial charge in [-0.2, -0.15) is 0 Å². The fraction of sp³-hybridized carbons (Fsp3) is 0.600. The Morgan fingerprint density at radius 2 is 1.89 bits per heavy atom. The highest BCUT2D eigenvalue weighted by molar-refractivity contribution is 5.46. The quantitative estimate of drug-likeness (QED) is 0.845. The van der Waals surface area contributed by atoms with E-state index in [-0.39, 0.29) is 0 Å². The fourth-order valence-electron chi connectivity index (χ4n) is 2.21. The highest BCUT2D eigenvalue weighted by Crippen LogP contribution is 2.33. The Morgan fingerprint density at radius 1 is 1.22 bits per heavy atom. The predicted molar refractivity (Wildman–Crippen MR) is 73.1 cm³/mol. The van der Waals surface area contributed by atoms with Crippen molar-refractivity contribution in [2.24, 2.45) is 5.92 Å². The van der Waals surface area contributed by atoms with Crippen LogP contribution in [0.4, 0.5) is 0 Å². The van der Waals surface area contributed by atoms with Crippen molar-refractivity contribution in [1.29, 1.82) is 0 Å². The third-order valence-electron chi connectivity index (χ3n) is 3.35. The van der Waals surface area contributed by atoms with E-state index in [0.717, 1.165) is 16.9 Å². The van der Waals surface area contributed by atoms with Gasteiger partial charge in [0.25, 0.3) is 0 Å². The molecule has 0 saturated heterocycles. The summed E-state index contributed by atoms with van der Waals surface area (Å²) in [5, 5.41) is 10.3. The minimum absolute atomic E-state index is 0.316. The Morgan fingerprint density at radius 3 is 2.44 bits per heavy atom. The molecular formula is C15H24O3. The van der Waals surface area contributed by atoms with Gasteiger partial charge in [-0.05, 0) is 37.3 Å². The van der Waals surface area contributed by atoms with Gasteiger partial charge in [0.1, 0.15) is 5.75 Å². The molecule has 1 aromatic carbocycles. The van der Waals surface area contributed by atoms with Crippen molar-refractivity contribution in [1.82, 2.24) is 0 Å². The molecule has 2 unspecified atom stereocenters. The van der Waals surface area contributed by atoms with Crippen LogP contribution in [0.5, 0.6) is 5.75 Å². The molecule has 1 aromatic rings. The number of hydrogen-bond acceptors (Lipinski definition) is 3. The first-order valence-corrected chi connectivity index (χ1v) is 6.32. The molecule has 0 saturated carbocycles. The summed E-state index contributed by atoms with van der Waals surface area (Å²) in [7, 11) is 3.33. The summed E-state index contributed by atoms with van der Waals surface area (Å²) >= 11 is 0. The molecule has 0 heterocycles. The van der Waals surface area contributed by atoms with Crippen molar-refractivity contribution in [3.8, 4) is 5.75 Å². The second kappa shape index (κ2) is 6.76. The molecule has 102 valence electrons. The standard InChI is InChI=1S/C15H24O3/c1-10(9-17-4)8-14(16)13-7-6-11(2)12(3)15(13)18-5/h6-7,10,14,16H,8-9H2,1-5H3. The minimum atomic E-state index is -0.510. The fourth-order valence-corrected chi connectivity index (χ4v) is 2.21. The lowest BCUT2D eigenvalue weighted by molar-refractivity contribution is 0.100. The number of aliphatic hydroxyl groups is 1. The molecule has 0 fully saturated rings. The van der Waals surface area contributed by atoms with E-state index >= 15 is 0 Å². The summed E-state index contributed by atoms with van der Waals surface area (Å²) < 4.78 is 10.5. The van der Waals surface area contributed by atoms with E-state index in [0.29, 0.717) is 18.9 Å². The zero-order valence-electron chi connectivity index (χ0n) is 12.0. The highest BCUT2D eigenvalue weighted by Gasteiger charge is 2.18. The molecule has 1 rings (SSSR count). The summed E-state index contributed by atoms with van der Waals surface area (Å²) in [6.45, 7) is 6.79. The Labute approximate surface area is 110 Å². The molecule has 0 spiro atoms. The van der Waals surface area contributed by atoms with Crippen LogP contribution in [0.2, 0.25) is 0 Å². The normalized spacial score (nSPS) is 14.3. The first-order valence-electron chi connectivity index (χ1n) is 6.32. The van der Waals surface area contributed by atoms with E-state index in [4.69, 9.17) is 9.47 Å².